The molecule has 0 saturated heterocycles. The molecule has 0 fully saturated rings. The average Bonchev–Trinajstić information content (AvgIpc) is 2.03. The molecule has 0 unspecified atom stereocenters. The summed E-state index contributed by atoms with van der Waals surface area (Å²) in [5.74, 6) is 0. The zero-order chi connectivity index (χ0) is 9.14. The van der Waals surface area contributed by atoms with Crippen LogP contribution < -0.4 is 0 Å². The van der Waals surface area contributed by atoms with E-state index in [-0.39, 0.29) is 16.1 Å². The summed E-state index contributed by atoms with van der Waals surface area (Å²) < 4.78 is 24.4. The van der Waals surface area contributed by atoms with Crippen LogP contribution >= 0.6 is 11.6 Å². The van der Waals surface area contributed by atoms with E-state index in [4.69, 9.17) is 11.6 Å². The molecule has 0 aromatic heterocycles. The van der Waals surface area contributed by atoms with Gasteiger partial charge in [0.15, 0.2) is 6.29 Å². The molecule has 64 valence electrons. The lowest BCUT2D eigenvalue weighted by atomic mass is 10.1. The Morgan fingerprint density at radius 3 is 2.50 bits per heavy atom. The first-order valence-electron chi connectivity index (χ1n) is 3.18. The maximum atomic E-state index is 12.2. The van der Waals surface area contributed by atoms with Gasteiger partial charge in [-0.1, -0.05) is 23.7 Å². The first-order valence-corrected chi connectivity index (χ1v) is 3.56. The molecule has 0 aliphatic carbocycles. The summed E-state index contributed by atoms with van der Waals surface area (Å²) in [4.78, 5) is 10.3. The standard InChI is InChI=1S/C8H5ClF2O/c9-7-3-1-2-5(8(10)11)6(7)4-12/h1-4,8H. The Balaban J connectivity index is 3.27. The van der Waals surface area contributed by atoms with Crippen LogP contribution in [0, 0.1) is 0 Å². The molecule has 1 nitrogen and oxygen atoms in total. The second kappa shape index (κ2) is 3.63. The number of carbonyl (C=O) groups excluding carboxylic acids is 1. The largest absolute Gasteiger partial charge is 0.298 e. The van der Waals surface area contributed by atoms with Gasteiger partial charge in [0.25, 0.3) is 6.43 Å². The fourth-order valence-electron chi connectivity index (χ4n) is 0.868. The van der Waals surface area contributed by atoms with E-state index >= 15 is 0 Å². The SMILES string of the molecule is O=Cc1c(Cl)cccc1C(F)F. The van der Waals surface area contributed by atoms with Gasteiger partial charge in [-0.25, -0.2) is 8.78 Å². The van der Waals surface area contributed by atoms with Gasteiger partial charge in [-0.15, -0.1) is 0 Å². The highest BCUT2D eigenvalue weighted by Crippen LogP contribution is 2.26. The van der Waals surface area contributed by atoms with Crippen LogP contribution in [0.1, 0.15) is 22.3 Å². The average molecular weight is 191 g/mol. The number of rotatable bonds is 2. The molecule has 1 aromatic carbocycles. The van der Waals surface area contributed by atoms with Crippen molar-refractivity contribution in [2.24, 2.45) is 0 Å². The Hall–Kier alpha value is -0.960. The number of halogens is 3. The summed E-state index contributed by atoms with van der Waals surface area (Å²) in [5.41, 5.74) is -0.452. The zero-order valence-corrected chi connectivity index (χ0v) is 6.68. The van der Waals surface area contributed by atoms with E-state index in [1.165, 1.54) is 18.2 Å². The second-order valence-corrected chi connectivity index (χ2v) is 2.57. The monoisotopic (exact) mass is 190 g/mol. The van der Waals surface area contributed by atoms with E-state index in [1.807, 2.05) is 0 Å². The Morgan fingerprint density at radius 1 is 1.42 bits per heavy atom. The van der Waals surface area contributed by atoms with Gasteiger partial charge in [0.1, 0.15) is 0 Å². The van der Waals surface area contributed by atoms with Crippen LogP contribution in [0.15, 0.2) is 18.2 Å². The van der Waals surface area contributed by atoms with Crippen LogP contribution in [0.4, 0.5) is 8.78 Å². The van der Waals surface area contributed by atoms with Gasteiger partial charge in [-0.2, -0.15) is 0 Å². The maximum absolute atomic E-state index is 12.2. The van der Waals surface area contributed by atoms with Crippen LogP contribution in [0.3, 0.4) is 0 Å². The third kappa shape index (κ3) is 1.61. The number of benzene rings is 1. The van der Waals surface area contributed by atoms with Gasteiger partial charge in [0.2, 0.25) is 0 Å². The molecule has 12 heavy (non-hydrogen) atoms. The molecule has 0 amide bonds. The molecule has 0 aliphatic rings. The summed E-state index contributed by atoms with van der Waals surface area (Å²) in [5, 5.41) is 0.0581. The molecule has 1 aromatic rings. The van der Waals surface area contributed by atoms with Crippen molar-refractivity contribution in [3.05, 3.63) is 34.3 Å². The smallest absolute Gasteiger partial charge is 0.264 e. The minimum Gasteiger partial charge on any atom is -0.298 e. The molecule has 0 saturated carbocycles. The van der Waals surface area contributed by atoms with Gasteiger partial charge >= 0.3 is 0 Å². The van der Waals surface area contributed by atoms with E-state index in [1.54, 1.807) is 0 Å². The molecular weight excluding hydrogens is 186 g/mol. The van der Waals surface area contributed by atoms with Crippen LogP contribution in [-0.4, -0.2) is 6.29 Å². The second-order valence-electron chi connectivity index (χ2n) is 2.16. The fraction of sp³-hybridized carbons (Fsp3) is 0.125. The van der Waals surface area contributed by atoms with E-state index in [0.29, 0.717) is 6.29 Å². The molecule has 0 radical (unpaired) electrons. The number of carbonyl (C=O) groups is 1. The predicted octanol–water partition coefficient (Wildman–Crippen LogP) is 3.09. The molecule has 0 spiro atoms. The molecule has 0 heterocycles. The minimum atomic E-state index is -2.66. The Bertz CT molecular complexity index is 299. The molecule has 0 aliphatic heterocycles. The third-order valence-corrected chi connectivity index (χ3v) is 1.77. The Morgan fingerprint density at radius 2 is 2.08 bits per heavy atom. The molecular formula is C8H5ClF2O. The van der Waals surface area contributed by atoms with E-state index < -0.39 is 6.43 Å². The number of aldehydes is 1. The Kier molecular flexibility index (Phi) is 2.76. The van der Waals surface area contributed by atoms with E-state index in [0.717, 1.165) is 0 Å². The van der Waals surface area contributed by atoms with E-state index in [2.05, 4.69) is 0 Å². The topological polar surface area (TPSA) is 17.1 Å². The van der Waals surface area contributed by atoms with Crippen molar-refractivity contribution < 1.29 is 13.6 Å². The van der Waals surface area contributed by atoms with Crippen LogP contribution in [0.5, 0.6) is 0 Å². The lowest BCUT2D eigenvalue weighted by molar-refractivity contribution is 0.110. The zero-order valence-electron chi connectivity index (χ0n) is 5.93. The van der Waals surface area contributed by atoms with Gasteiger partial charge in [-0.05, 0) is 6.07 Å². The maximum Gasteiger partial charge on any atom is 0.264 e. The van der Waals surface area contributed by atoms with Gasteiger partial charge in [-0.3, -0.25) is 4.79 Å². The highest BCUT2D eigenvalue weighted by Gasteiger charge is 2.13. The summed E-state index contributed by atoms with van der Waals surface area (Å²) in [7, 11) is 0. The summed E-state index contributed by atoms with van der Waals surface area (Å²) in [6, 6.07) is 3.97. The van der Waals surface area contributed by atoms with E-state index in [9.17, 15) is 13.6 Å². The molecule has 0 atom stereocenters. The molecule has 0 N–H and O–H groups in total. The van der Waals surface area contributed by atoms with Crippen molar-refractivity contribution in [2.45, 2.75) is 6.43 Å². The van der Waals surface area contributed by atoms with Gasteiger partial charge < -0.3 is 0 Å². The van der Waals surface area contributed by atoms with Crippen LogP contribution in [0.25, 0.3) is 0 Å². The molecule has 4 heteroatoms. The normalized spacial score (nSPS) is 10.3. The van der Waals surface area contributed by atoms with Crippen molar-refractivity contribution in [3.8, 4) is 0 Å². The highest BCUT2D eigenvalue weighted by molar-refractivity contribution is 6.33. The summed E-state index contributed by atoms with van der Waals surface area (Å²) >= 11 is 5.51. The van der Waals surface area contributed by atoms with Crippen LogP contribution in [-0.2, 0) is 0 Å². The lowest BCUT2D eigenvalue weighted by Gasteiger charge is -2.03. The molecule has 1 rings (SSSR count). The number of alkyl halides is 2. The van der Waals surface area contributed by atoms with Crippen molar-refractivity contribution in [1.29, 1.82) is 0 Å². The van der Waals surface area contributed by atoms with Crippen molar-refractivity contribution in [2.75, 3.05) is 0 Å². The van der Waals surface area contributed by atoms with Crippen LogP contribution in [0.2, 0.25) is 5.02 Å². The quantitative estimate of drug-likeness (QED) is 0.655. The number of hydrogen-bond acceptors (Lipinski definition) is 1. The van der Waals surface area contributed by atoms with Gasteiger partial charge in [0, 0.05) is 11.1 Å². The lowest BCUT2D eigenvalue weighted by Crippen LogP contribution is -1.93. The third-order valence-electron chi connectivity index (χ3n) is 1.44. The molecule has 0 bridgehead atoms. The number of hydrogen-bond donors (Lipinski definition) is 0. The first kappa shape index (κ1) is 9.13. The van der Waals surface area contributed by atoms with Crippen molar-refractivity contribution >= 4 is 17.9 Å². The summed E-state index contributed by atoms with van der Waals surface area (Å²) in [6.45, 7) is 0. The Labute approximate surface area is 73.0 Å². The van der Waals surface area contributed by atoms with Gasteiger partial charge in [0.05, 0.1) is 5.02 Å². The fourth-order valence-corrected chi connectivity index (χ4v) is 1.09. The highest BCUT2D eigenvalue weighted by atomic mass is 35.5. The first-order chi connectivity index (χ1) is 5.66. The van der Waals surface area contributed by atoms with Crippen molar-refractivity contribution in [3.63, 3.8) is 0 Å². The predicted molar refractivity (Wildman–Crippen MR) is 41.8 cm³/mol. The minimum absolute atomic E-state index is 0.0581. The van der Waals surface area contributed by atoms with Crippen molar-refractivity contribution in [1.82, 2.24) is 0 Å². The summed E-state index contributed by atoms with van der Waals surface area (Å²) in [6.07, 6.45) is -2.33.